The molecule has 90 valence electrons. The first-order valence-corrected chi connectivity index (χ1v) is 6.89. The topological polar surface area (TPSA) is 9.23 Å². The predicted molar refractivity (Wildman–Crippen MR) is 66.8 cm³/mol. The van der Waals surface area contributed by atoms with Gasteiger partial charge in [0.15, 0.2) is 0 Å². The van der Waals surface area contributed by atoms with Crippen molar-refractivity contribution < 1.29 is 4.74 Å². The van der Waals surface area contributed by atoms with Crippen LogP contribution in [0.5, 0.6) is 0 Å². The molecule has 2 atom stereocenters. The second-order valence-electron chi connectivity index (χ2n) is 4.47. The third-order valence-corrected chi connectivity index (χ3v) is 3.87. The standard InChI is InChI=1S/C12H22Cl2O/c1-3-5-6-7-8-10-9-12(13,14)11(4-2)15-10/h10-11H,3-9H2,1-2H3. The van der Waals surface area contributed by atoms with E-state index in [9.17, 15) is 0 Å². The highest BCUT2D eigenvalue weighted by atomic mass is 35.5. The highest BCUT2D eigenvalue weighted by Gasteiger charge is 2.44. The van der Waals surface area contributed by atoms with Gasteiger partial charge < -0.3 is 4.74 Å². The normalized spacial score (nSPS) is 29.6. The van der Waals surface area contributed by atoms with Crippen LogP contribution in [-0.4, -0.2) is 16.5 Å². The maximum absolute atomic E-state index is 6.21. The van der Waals surface area contributed by atoms with Crippen molar-refractivity contribution in [2.24, 2.45) is 0 Å². The van der Waals surface area contributed by atoms with Crippen LogP contribution in [0.25, 0.3) is 0 Å². The van der Waals surface area contributed by atoms with Crippen LogP contribution in [0.3, 0.4) is 0 Å². The van der Waals surface area contributed by atoms with Crippen LogP contribution in [0.1, 0.15) is 58.8 Å². The van der Waals surface area contributed by atoms with Crippen molar-refractivity contribution in [2.75, 3.05) is 0 Å². The van der Waals surface area contributed by atoms with Gasteiger partial charge in [0.2, 0.25) is 0 Å². The van der Waals surface area contributed by atoms with Crippen LogP contribution in [0.15, 0.2) is 0 Å². The lowest BCUT2D eigenvalue weighted by molar-refractivity contribution is 0.0359. The molecule has 0 aliphatic carbocycles. The third kappa shape index (κ3) is 4.13. The van der Waals surface area contributed by atoms with E-state index >= 15 is 0 Å². The van der Waals surface area contributed by atoms with Gasteiger partial charge in [-0.25, -0.2) is 0 Å². The molecule has 0 spiro atoms. The van der Waals surface area contributed by atoms with Gasteiger partial charge in [0.25, 0.3) is 0 Å². The molecule has 15 heavy (non-hydrogen) atoms. The Balaban J connectivity index is 2.23. The molecule has 1 heterocycles. The fourth-order valence-electron chi connectivity index (χ4n) is 2.18. The van der Waals surface area contributed by atoms with Gasteiger partial charge in [-0.3, -0.25) is 0 Å². The Hall–Kier alpha value is 0.540. The first-order chi connectivity index (χ1) is 7.10. The lowest BCUT2D eigenvalue weighted by Crippen LogP contribution is -2.24. The van der Waals surface area contributed by atoms with Crippen molar-refractivity contribution in [3.05, 3.63) is 0 Å². The van der Waals surface area contributed by atoms with Crippen molar-refractivity contribution in [1.82, 2.24) is 0 Å². The first-order valence-electron chi connectivity index (χ1n) is 6.13. The van der Waals surface area contributed by atoms with Crippen LogP contribution in [0.4, 0.5) is 0 Å². The summed E-state index contributed by atoms with van der Waals surface area (Å²) in [5, 5.41) is 0. The predicted octanol–water partition coefficient (Wildman–Crippen LogP) is 4.70. The molecule has 0 aromatic rings. The Morgan fingerprint density at radius 3 is 2.47 bits per heavy atom. The minimum Gasteiger partial charge on any atom is -0.372 e. The summed E-state index contributed by atoms with van der Waals surface area (Å²) in [7, 11) is 0. The number of halogens is 2. The Bertz CT molecular complexity index is 182. The van der Waals surface area contributed by atoms with E-state index in [1.54, 1.807) is 0 Å². The Morgan fingerprint density at radius 2 is 1.93 bits per heavy atom. The SMILES string of the molecule is CCCCCCC1CC(Cl)(Cl)C(CC)O1. The molecule has 2 unspecified atom stereocenters. The molecular formula is C12H22Cl2O. The van der Waals surface area contributed by atoms with E-state index in [0.29, 0.717) is 0 Å². The summed E-state index contributed by atoms with van der Waals surface area (Å²) in [5.74, 6) is 0. The lowest BCUT2D eigenvalue weighted by atomic mass is 10.1. The molecule has 0 saturated carbocycles. The summed E-state index contributed by atoms with van der Waals surface area (Å²) in [6.07, 6.45) is 8.23. The molecule has 0 bridgehead atoms. The zero-order chi connectivity index (χ0) is 11.3. The Labute approximate surface area is 103 Å². The molecule has 1 aliphatic rings. The molecule has 1 nitrogen and oxygen atoms in total. The minimum atomic E-state index is -0.649. The van der Waals surface area contributed by atoms with Gasteiger partial charge in [0, 0.05) is 6.42 Å². The zero-order valence-electron chi connectivity index (χ0n) is 9.77. The van der Waals surface area contributed by atoms with E-state index in [-0.39, 0.29) is 12.2 Å². The smallest absolute Gasteiger partial charge is 0.146 e. The second-order valence-corrected chi connectivity index (χ2v) is 6.01. The van der Waals surface area contributed by atoms with Gasteiger partial charge in [-0.15, -0.1) is 0 Å². The molecular weight excluding hydrogens is 231 g/mol. The summed E-state index contributed by atoms with van der Waals surface area (Å²) < 4.78 is 5.19. The molecule has 1 fully saturated rings. The molecule has 0 aromatic carbocycles. The van der Waals surface area contributed by atoms with Crippen LogP contribution < -0.4 is 0 Å². The zero-order valence-corrected chi connectivity index (χ0v) is 11.3. The third-order valence-electron chi connectivity index (χ3n) is 3.08. The number of ether oxygens (including phenoxy) is 1. The number of alkyl halides is 2. The van der Waals surface area contributed by atoms with Crippen molar-refractivity contribution in [3.8, 4) is 0 Å². The van der Waals surface area contributed by atoms with E-state index in [0.717, 1.165) is 19.3 Å². The fraction of sp³-hybridized carbons (Fsp3) is 1.00. The van der Waals surface area contributed by atoms with Gasteiger partial charge in [0.05, 0.1) is 12.2 Å². The second kappa shape index (κ2) is 6.32. The number of unbranched alkanes of at least 4 members (excludes halogenated alkanes) is 3. The van der Waals surface area contributed by atoms with E-state index in [4.69, 9.17) is 27.9 Å². The molecule has 1 rings (SSSR count). The number of hydrogen-bond acceptors (Lipinski definition) is 1. The van der Waals surface area contributed by atoms with Gasteiger partial charge in [-0.05, 0) is 12.8 Å². The highest BCUT2D eigenvalue weighted by molar-refractivity contribution is 6.49. The van der Waals surface area contributed by atoms with Crippen molar-refractivity contribution in [2.45, 2.75) is 75.3 Å². The quantitative estimate of drug-likeness (QED) is 0.492. The van der Waals surface area contributed by atoms with E-state index < -0.39 is 4.33 Å². The summed E-state index contributed by atoms with van der Waals surface area (Å²) in [6, 6.07) is 0. The van der Waals surface area contributed by atoms with Crippen LogP contribution in [0.2, 0.25) is 0 Å². The lowest BCUT2D eigenvalue weighted by Gasteiger charge is -2.17. The largest absolute Gasteiger partial charge is 0.372 e. The van der Waals surface area contributed by atoms with Crippen LogP contribution in [0, 0.1) is 0 Å². The van der Waals surface area contributed by atoms with Crippen molar-refractivity contribution in [3.63, 3.8) is 0 Å². The highest BCUT2D eigenvalue weighted by Crippen LogP contribution is 2.42. The first kappa shape index (κ1) is 13.6. The molecule has 0 aromatic heterocycles. The summed E-state index contributed by atoms with van der Waals surface area (Å²) in [4.78, 5) is 0. The summed E-state index contributed by atoms with van der Waals surface area (Å²) in [5.41, 5.74) is 0. The maximum Gasteiger partial charge on any atom is 0.146 e. The number of rotatable bonds is 6. The van der Waals surface area contributed by atoms with Crippen molar-refractivity contribution >= 4 is 23.2 Å². The average Bonchev–Trinajstić information content (AvgIpc) is 2.48. The Kier molecular flexibility index (Phi) is 5.73. The molecule has 1 aliphatic heterocycles. The van der Waals surface area contributed by atoms with Gasteiger partial charge >= 0.3 is 0 Å². The summed E-state index contributed by atoms with van der Waals surface area (Å²) in [6.45, 7) is 4.30. The average molecular weight is 253 g/mol. The van der Waals surface area contributed by atoms with Crippen LogP contribution in [-0.2, 0) is 4.74 Å². The molecule has 0 N–H and O–H groups in total. The van der Waals surface area contributed by atoms with E-state index in [1.165, 1.54) is 25.7 Å². The van der Waals surface area contributed by atoms with Gasteiger partial charge in [0.1, 0.15) is 4.33 Å². The van der Waals surface area contributed by atoms with Gasteiger partial charge in [-0.1, -0.05) is 62.7 Å². The summed E-state index contributed by atoms with van der Waals surface area (Å²) >= 11 is 12.4. The molecule has 1 saturated heterocycles. The monoisotopic (exact) mass is 252 g/mol. The van der Waals surface area contributed by atoms with Crippen LogP contribution >= 0.6 is 23.2 Å². The molecule has 0 amide bonds. The van der Waals surface area contributed by atoms with E-state index in [2.05, 4.69) is 13.8 Å². The molecule has 0 radical (unpaired) electrons. The minimum absolute atomic E-state index is 0.0250. The molecule has 3 heteroatoms. The van der Waals surface area contributed by atoms with Crippen molar-refractivity contribution in [1.29, 1.82) is 0 Å². The van der Waals surface area contributed by atoms with E-state index in [1.807, 2.05) is 0 Å². The van der Waals surface area contributed by atoms with Gasteiger partial charge in [-0.2, -0.15) is 0 Å². The Morgan fingerprint density at radius 1 is 1.20 bits per heavy atom. The fourth-order valence-corrected chi connectivity index (χ4v) is 2.93. The maximum atomic E-state index is 6.21. The number of hydrogen-bond donors (Lipinski definition) is 0.